The summed E-state index contributed by atoms with van der Waals surface area (Å²) < 4.78 is 0.829. The molecule has 0 radical (unpaired) electrons. The van der Waals surface area contributed by atoms with Crippen LogP contribution in [0.3, 0.4) is 0 Å². The quantitative estimate of drug-likeness (QED) is 0.806. The van der Waals surface area contributed by atoms with E-state index in [1.807, 2.05) is 24.3 Å². The molecule has 0 aliphatic heterocycles. The van der Waals surface area contributed by atoms with E-state index >= 15 is 0 Å². The molecule has 1 aromatic heterocycles. The smallest absolute Gasteiger partial charge is 0.140 e. The van der Waals surface area contributed by atoms with Gasteiger partial charge in [0.1, 0.15) is 5.82 Å². The SMILES string of the molecule is OCCCC(Nc1ncc(Cl)cc1Br)c1ccccc1. The normalized spacial score (nSPS) is 12.2. The summed E-state index contributed by atoms with van der Waals surface area (Å²) in [6, 6.07) is 12.1. The van der Waals surface area contributed by atoms with Crippen molar-refractivity contribution < 1.29 is 5.11 Å². The number of pyridine rings is 1. The highest BCUT2D eigenvalue weighted by molar-refractivity contribution is 9.10. The number of halogens is 2. The number of nitrogens with one attached hydrogen (secondary N) is 1. The van der Waals surface area contributed by atoms with Gasteiger partial charge in [-0.25, -0.2) is 4.98 Å². The number of nitrogens with zero attached hydrogens (tertiary/aromatic N) is 1. The summed E-state index contributed by atoms with van der Waals surface area (Å²) in [4.78, 5) is 4.30. The molecule has 3 nitrogen and oxygen atoms in total. The highest BCUT2D eigenvalue weighted by Crippen LogP contribution is 2.28. The third-order valence-electron chi connectivity index (χ3n) is 2.97. The molecular weight excluding hydrogens is 340 g/mol. The van der Waals surface area contributed by atoms with E-state index in [0.29, 0.717) is 5.02 Å². The van der Waals surface area contributed by atoms with Crippen LogP contribution in [0.25, 0.3) is 0 Å². The molecule has 1 unspecified atom stereocenters. The summed E-state index contributed by atoms with van der Waals surface area (Å²) >= 11 is 9.36. The van der Waals surface area contributed by atoms with Gasteiger partial charge in [0.15, 0.2) is 0 Å². The topological polar surface area (TPSA) is 45.1 Å². The number of benzene rings is 1. The second-order valence-electron chi connectivity index (χ2n) is 4.46. The van der Waals surface area contributed by atoms with Crippen LogP contribution < -0.4 is 5.32 Å². The highest BCUT2D eigenvalue weighted by Gasteiger charge is 2.13. The number of aromatic nitrogens is 1. The van der Waals surface area contributed by atoms with Crippen LogP contribution in [-0.2, 0) is 0 Å². The van der Waals surface area contributed by atoms with Crippen molar-refractivity contribution in [1.29, 1.82) is 0 Å². The van der Waals surface area contributed by atoms with Gasteiger partial charge in [-0.15, -0.1) is 0 Å². The van der Waals surface area contributed by atoms with Gasteiger partial charge in [0, 0.05) is 12.8 Å². The van der Waals surface area contributed by atoms with Crippen molar-refractivity contribution in [2.75, 3.05) is 11.9 Å². The van der Waals surface area contributed by atoms with Crippen LogP contribution >= 0.6 is 27.5 Å². The molecular formula is C15H16BrClN2O. The lowest BCUT2D eigenvalue weighted by molar-refractivity contribution is 0.281. The van der Waals surface area contributed by atoms with E-state index in [4.69, 9.17) is 16.7 Å². The minimum Gasteiger partial charge on any atom is -0.396 e. The third-order valence-corrected chi connectivity index (χ3v) is 3.78. The summed E-state index contributed by atoms with van der Waals surface area (Å²) in [6.07, 6.45) is 3.18. The van der Waals surface area contributed by atoms with E-state index in [-0.39, 0.29) is 12.6 Å². The molecule has 0 saturated carbocycles. The fourth-order valence-electron chi connectivity index (χ4n) is 1.99. The summed E-state index contributed by atoms with van der Waals surface area (Å²) in [5, 5.41) is 13.0. The zero-order valence-electron chi connectivity index (χ0n) is 10.9. The van der Waals surface area contributed by atoms with Gasteiger partial charge < -0.3 is 10.4 Å². The van der Waals surface area contributed by atoms with E-state index in [9.17, 15) is 0 Å². The fourth-order valence-corrected chi connectivity index (χ4v) is 2.74. The van der Waals surface area contributed by atoms with E-state index in [0.717, 1.165) is 23.1 Å². The summed E-state index contributed by atoms with van der Waals surface area (Å²) in [7, 11) is 0. The first kappa shape index (κ1) is 15.3. The predicted molar refractivity (Wildman–Crippen MR) is 86.1 cm³/mol. The molecule has 2 aromatic rings. The van der Waals surface area contributed by atoms with Gasteiger partial charge in [0.25, 0.3) is 0 Å². The van der Waals surface area contributed by atoms with Gasteiger partial charge >= 0.3 is 0 Å². The van der Waals surface area contributed by atoms with Crippen LogP contribution in [0.2, 0.25) is 5.02 Å². The van der Waals surface area contributed by atoms with Crippen LogP contribution in [0, 0.1) is 0 Å². The lowest BCUT2D eigenvalue weighted by Crippen LogP contribution is -2.12. The standard InChI is InChI=1S/C15H16BrClN2O/c16-13-9-12(17)10-18-15(13)19-14(7-4-8-20)11-5-2-1-3-6-11/h1-3,5-6,9-10,14,20H,4,7-8H2,(H,18,19). The molecule has 0 bridgehead atoms. The maximum Gasteiger partial charge on any atom is 0.140 e. The van der Waals surface area contributed by atoms with Crippen molar-refractivity contribution in [3.8, 4) is 0 Å². The van der Waals surface area contributed by atoms with Gasteiger partial charge in [-0.05, 0) is 40.4 Å². The van der Waals surface area contributed by atoms with Crippen molar-refractivity contribution in [1.82, 2.24) is 4.98 Å². The average molecular weight is 356 g/mol. The minimum atomic E-state index is 0.105. The number of aliphatic hydroxyl groups is 1. The molecule has 0 amide bonds. The van der Waals surface area contributed by atoms with Crippen molar-refractivity contribution in [2.24, 2.45) is 0 Å². The maximum absolute atomic E-state index is 9.05. The van der Waals surface area contributed by atoms with E-state index in [1.165, 1.54) is 5.56 Å². The van der Waals surface area contributed by atoms with Gasteiger partial charge in [-0.2, -0.15) is 0 Å². The van der Waals surface area contributed by atoms with Crippen molar-refractivity contribution in [3.05, 3.63) is 57.7 Å². The zero-order valence-corrected chi connectivity index (χ0v) is 13.2. The van der Waals surface area contributed by atoms with Crippen molar-refractivity contribution >= 4 is 33.3 Å². The number of rotatable bonds is 6. The molecule has 0 aliphatic rings. The van der Waals surface area contributed by atoms with E-state index in [1.54, 1.807) is 6.20 Å². The summed E-state index contributed by atoms with van der Waals surface area (Å²) in [5.41, 5.74) is 1.17. The van der Waals surface area contributed by atoms with Gasteiger partial charge in [-0.1, -0.05) is 41.9 Å². The molecule has 106 valence electrons. The molecule has 0 spiro atoms. The molecule has 2 N–H and O–H groups in total. The Morgan fingerprint density at radius 3 is 2.70 bits per heavy atom. The first-order chi connectivity index (χ1) is 9.70. The Morgan fingerprint density at radius 2 is 2.05 bits per heavy atom. The Labute approximate surface area is 132 Å². The number of hydrogen-bond donors (Lipinski definition) is 2. The minimum absolute atomic E-state index is 0.105. The van der Waals surface area contributed by atoms with Gasteiger partial charge in [0.05, 0.1) is 15.5 Å². The largest absolute Gasteiger partial charge is 0.396 e. The molecule has 2 rings (SSSR count). The average Bonchev–Trinajstić information content (AvgIpc) is 2.46. The molecule has 1 heterocycles. The van der Waals surface area contributed by atoms with Crippen LogP contribution in [0.5, 0.6) is 0 Å². The van der Waals surface area contributed by atoms with E-state index in [2.05, 4.69) is 38.4 Å². The first-order valence-corrected chi connectivity index (χ1v) is 7.61. The Balaban J connectivity index is 2.19. The molecule has 0 aliphatic carbocycles. The van der Waals surface area contributed by atoms with Gasteiger partial charge in [-0.3, -0.25) is 0 Å². The second-order valence-corrected chi connectivity index (χ2v) is 5.75. The van der Waals surface area contributed by atoms with Crippen LogP contribution in [0.4, 0.5) is 5.82 Å². The second kappa shape index (κ2) is 7.62. The first-order valence-electron chi connectivity index (χ1n) is 6.44. The predicted octanol–water partition coefficient (Wildman–Crippen LogP) is 4.42. The number of hydrogen-bond acceptors (Lipinski definition) is 3. The zero-order chi connectivity index (χ0) is 14.4. The summed E-state index contributed by atoms with van der Waals surface area (Å²) in [6.45, 7) is 0.181. The van der Waals surface area contributed by atoms with Crippen LogP contribution in [-0.4, -0.2) is 16.7 Å². The Bertz CT molecular complexity index is 551. The Kier molecular flexibility index (Phi) is 5.83. The Hall–Kier alpha value is -1.10. The molecule has 5 heteroatoms. The van der Waals surface area contributed by atoms with Crippen molar-refractivity contribution in [3.63, 3.8) is 0 Å². The monoisotopic (exact) mass is 354 g/mol. The van der Waals surface area contributed by atoms with Crippen LogP contribution in [0.15, 0.2) is 47.1 Å². The van der Waals surface area contributed by atoms with Crippen molar-refractivity contribution in [2.45, 2.75) is 18.9 Å². The maximum atomic E-state index is 9.05. The lowest BCUT2D eigenvalue weighted by Gasteiger charge is -2.20. The highest BCUT2D eigenvalue weighted by atomic mass is 79.9. The number of aliphatic hydroxyl groups excluding tert-OH is 1. The summed E-state index contributed by atoms with van der Waals surface area (Å²) in [5.74, 6) is 0.751. The third kappa shape index (κ3) is 4.20. The molecule has 0 saturated heterocycles. The molecule has 1 aromatic carbocycles. The lowest BCUT2D eigenvalue weighted by atomic mass is 10.0. The molecule has 20 heavy (non-hydrogen) atoms. The van der Waals surface area contributed by atoms with Crippen LogP contribution in [0.1, 0.15) is 24.4 Å². The number of anilines is 1. The van der Waals surface area contributed by atoms with Gasteiger partial charge in [0.2, 0.25) is 0 Å². The molecule has 0 fully saturated rings. The molecule has 1 atom stereocenters. The Morgan fingerprint density at radius 1 is 1.30 bits per heavy atom. The fraction of sp³-hybridized carbons (Fsp3) is 0.267. The van der Waals surface area contributed by atoms with E-state index < -0.39 is 0 Å².